The van der Waals surface area contributed by atoms with Crippen molar-refractivity contribution >= 4 is 23.8 Å². The van der Waals surface area contributed by atoms with Gasteiger partial charge in [-0.05, 0) is 37.7 Å². The number of cyclic esters (lactones) is 2. The summed E-state index contributed by atoms with van der Waals surface area (Å²) in [5.41, 5.74) is 0.665. The van der Waals surface area contributed by atoms with Crippen LogP contribution >= 0.6 is 0 Å². The quantitative estimate of drug-likeness (QED) is 0.218. The molecule has 2 fully saturated rings. The van der Waals surface area contributed by atoms with Gasteiger partial charge in [0.05, 0.1) is 18.9 Å². The predicted octanol–water partition coefficient (Wildman–Crippen LogP) is 2.87. The highest BCUT2D eigenvalue weighted by atomic mass is 16.7. The number of esters is 3. The van der Waals surface area contributed by atoms with Gasteiger partial charge in [0, 0.05) is 18.9 Å². The molecule has 12 nitrogen and oxygen atoms in total. The van der Waals surface area contributed by atoms with Crippen LogP contribution in [0.4, 0.5) is 0 Å². The molecule has 1 aromatic carbocycles. The predicted molar refractivity (Wildman–Crippen MR) is 151 cm³/mol. The molecule has 12 heteroatoms. The Morgan fingerprint density at radius 3 is 2.51 bits per heavy atom. The number of pyridine rings is 1. The second-order valence-corrected chi connectivity index (χ2v) is 11.0. The zero-order valence-corrected chi connectivity index (χ0v) is 24.8. The third-order valence-corrected chi connectivity index (χ3v) is 6.99. The highest BCUT2D eigenvalue weighted by Crippen LogP contribution is 2.32. The molecular weight excluding hydrogens is 560 g/mol. The summed E-state index contributed by atoms with van der Waals surface area (Å²) in [7, 11) is 1.38. The minimum atomic E-state index is -1.35. The number of hydrogen-bond donors (Lipinski definition) is 1. The highest BCUT2D eigenvalue weighted by Gasteiger charge is 2.41. The van der Waals surface area contributed by atoms with E-state index in [0.29, 0.717) is 13.0 Å². The number of rotatable bonds is 12. The number of hydrogen-bond acceptors (Lipinski definition) is 11. The van der Waals surface area contributed by atoms with E-state index in [2.05, 4.69) is 10.3 Å². The highest BCUT2D eigenvalue weighted by molar-refractivity contribution is 5.98. The van der Waals surface area contributed by atoms with Crippen LogP contribution in [0.15, 0.2) is 42.6 Å². The molecule has 2 aromatic rings. The zero-order chi connectivity index (χ0) is 30.9. The Morgan fingerprint density at radius 2 is 1.84 bits per heavy atom. The third kappa shape index (κ3) is 8.66. The average Bonchev–Trinajstić information content (AvgIpc) is 3.84. The number of nitrogens with zero attached hydrogens (tertiary/aromatic N) is 1. The molecule has 0 bridgehead atoms. The van der Waals surface area contributed by atoms with Crippen molar-refractivity contribution in [3.8, 4) is 11.5 Å². The Morgan fingerprint density at radius 1 is 1.09 bits per heavy atom. The zero-order valence-electron chi connectivity index (χ0n) is 24.8. The van der Waals surface area contributed by atoms with Gasteiger partial charge < -0.3 is 33.7 Å². The summed E-state index contributed by atoms with van der Waals surface area (Å²) in [4.78, 5) is 56.0. The van der Waals surface area contributed by atoms with Crippen molar-refractivity contribution in [3.05, 3.63) is 53.9 Å². The smallest absolute Gasteiger partial charge is 0.332 e. The van der Waals surface area contributed by atoms with Crippen LogP contribution in [0.3, 0.4) is 0 Å². The second-order valence-electron chi connectivity index (χ2n) is 11.0. The van der Waals surface area contributed by atoms with Crippen LogP contribution in [0, 0.1) is 17.8 Å². The number of carbonyl (C=O) groups is 4. The number of benzene rings is 1. The Bertz CT molecular complexity index is 1280. The van der Waals surface area contributed by atoms with Gasteiger partial charge in [0.1, 0.15) is 18.8 Å². The maximum Gasteiger partial charge on any atom is 0.332 e. The number of carbonyl (C=O) groups excluding carboxylic acids is 4. The standard InChI is InChI=1S/C31H38N2O10/c1-18(2)15-39-26-19(3)43-31(37)23(16-40-30(36)22(26)14-20-8-6-5-7-9-20)33-28(34)25-27(24(38-4)12-13-32-25)41-17-42-29(35)21-10-11-21/h5-9,12-13,18-19,21-23,26H,10-11,14-17H2,1-4H3,(H,33,34)/t19-,22+,23-,26-/m0/s1. The van der Waals surface area contributed by atoms with Crippen LogP contribution in [0.2, 0.25) is 0 Å². The molecule has 232 valence electrons. The van der Waals surface area contributed by atoms with Crippen molar-refractivity contribution in [2.45, 2.75) is 58.3 Å². The molecule has 4 atom stereocenters. The molecule has 4 rings (SSSR count). The maximum atomic E-state index is 13.4. The Hall–Kier alpha value is -4.19. The number of amides is 1. The lowest BCUT2D eigenvalue weighted by molar-refractivity contribution is -0.165. The summed E-state index contributed by atoms with van der Waals surface area (Å²) in [6.45, 7) is 5.01. The van der Waals surface area contributed by atoms with E-state index in [1.165, 1.54) is 19.4 Å². The maximum absolute atomic E-state index is 13.4. The Kier molecular flexibility index (Phi) is 10.9. The number of nitrogens with one attached hydrogen (secondary N) is 1. The van der Waals surface area contributed by atoms with E-state index >= 15 is 0 Å². The Labute approximate surface area is 250 Å². The molecule has 1 aliphatic heterocycles. The van der Waals surface area contributed by atoms with Gasteiger partial charge in [-0.25, -0.2) is 9.78 Å². The number of methoxy groups -OCH3 is 1. The first-order valence-corrected chi connectivity index (χ1v) is 14.3. The topological polar surface area (TPSA) is 149 Å². The largest absolute Gasteiger partial charge is 0.493 e. The average molecular weight is 599 g/mol. The molecule has 1 N–H and O–H groups in total. The lowest BCUT2D eigenvalue weighted by Gasteiger charge is -2.30. The van der Waals surface area contributed by atoms with Gasteiger partial charge in [0.2, 0.25) is 6.79 Å². The summed E-state index contributed by atoms with van der Waals surface area (Å²) in [6.07, 6.45) is 1.54. The molecular formula is C31H38N2O10. The van der Waals surface area contributed by atoms with Gasteiger partial charge in [-0.1, -0.05) is 44.2 Å². The summed E-state index contributed by atoms with van der Waals surface area (Å²) >= 11 is 0. The molecule has 2 heterocycles. The van der Waals surface area contributed by atoms with Crippen LogP contribution in [0.1, 0.15) is 49.7 Å². The molecule has 1 aromatic heterocycles. The molecule has 43 heavy (non-hydrogen) atoms. The normalized spacial score (nSPS) is 22.3. The van der Waals surface area contributed by atoms with Gasteiger partial charge >= 0.3 is 17.9 Å². The lowest BCUT2D eigenvalue weighted by Crippen LogP contribution is -2.46. The van der Waals surface area contributed by atoms with Crippen molar-refractivity contribution < 1.29 is 47.6 Å². The fourth-order valence-corrected chi connectivity index (χ4v) is 4.56. The van der Waals surface area contributed by atoms with E-state index in [0.717, 1.165) is 18.4 Å². The molecule has 1 aliphatic carbocycles. The third-order valence-electron chi connectivity index (χ3n) is 6.99. The lowest BCUT2D eigenvalue weighted by atomic mass is 9.91. The fourth-order valence-electron chi connectivity index (χ4n) is 4.56. The van der Waals surface area contributed by atoms with Crippen LogP contribution in [0.25, 0.3) is 0 Å². The van der Waals surface area contributed by atoms with Crippen molar-refractivity contribution in [2.24, 2.45) is 17.8 Å². The first-order valence-electron chi connectivity index (χ1n) is 14.3. The van der Waals surface area contributed by atoms with Crippen LogP contribution < -0.4 is 14.8 Å². The molecule has 1 amide bonds. The van der Waals surface area contributed by atoms with Gasteiger partial charge in [-0.15, -0.1) is 0 Å². The first kappa shape index (κ1) is 31.7. The van der Waals surface area contributed by atoms with Gasteiger partial charge in [-0.3, -0.25) is 14.4 Å². The van der Waals surface area contributed by atoms with E-state index in [1.54, 1.807) is 6.92 Å². The van der Waals surface area contributed by atoms with E-state index in [4.69, 9.17) is 28.4 Å². The first-order chi connectivity index (χ1) is 20.7. The summed E-state index contributed by atoms with van der Waals surface area (Å²) < 4.78 is 33.4. The van der Waals surface area contributed by atoms with Crippen molar-refractivity contribution in [1.82, 2.24) is 10.3 Å². The molecule has 2 aliphatic rings. The SMILES string of the molecule is COc1ccnc(C(=O)N[C@H]2COC(=O)[C@H](Cc3ccccc3)[C@@H](OCC(C)C)[C@H](C)OC2=O)c1OCOC(=O)C1CC1. The van der Waals surface area contributed by atoms with E-state index < -0.39 is 55.4 Å². The molecule has 1 saturated heterocycles. The summed E-state index contributed by atoms with van der Waals surface area (Å²) in [5, 5.41) is 2.53. The minimum absolute atomic E-state index is 0.0852. The molecule has 0 radical (unpaired) electrons. The molecule has 0 unspecified atom stereocenters. The van der Waals surface area contributed by atoms with Crippen molar-refractivity contribution in [1.29, 1.82) is 0 Å². The van der Waals surface area contributed by atoms with E-state index in [-0.39, 0.29) is 35.0 Å². The fraction of sp³-hybridized carbons (Fsp3) is 0.516. The molecule has 1 saturated carbocycles. The van der Waals surface area contributed by atoms with Crippen molar-refractivity contribution in [3.63, 3.8) is 0 Å². The van der Waals surface area contributed by atoms with Gasteiger partial charge in [0.15, 0.2) is 23.2 Å². The number of aromatic nitrogens is 1. The minimum Gasteiger partial charge on any atom is -0.493 e. The van der Waals surface area contributed by atoms with E-state index in [9.17, 15) is 19.2 Å². The van der Waals surface area contributed by atoms with Gasteiger partial charge in [0.25, 0.3) is 5.91 Å². The molecule has 0 spiro atoms. The van der Waals surface area contributed by atoms with Crippen LogP contribution in [-0.2, 0) is 39.8 Å². The van der Waals surface area contributed by atoms with Crippen molar-refractivity contribution in [2.75, 3.05) is 27.1 Å². The monoisotopic (exact) mass is 598 g/mol. The van der Waals surface area contributed by atoms with Crippen LogP contribution in [-0.4, -0.2) is 74.2 Å². The summed E-state index contributed by atoms with van der Waals surface area (Å²) in [5.74, 6) is -3.26. The van der Waals surface area contributed by atoms with Gasteiger partial charge in [-0.2, -0.15) is 0 Å². The Balaban J connectivity index is 1.51. The van der Waals surface area contributed by atoms with E-state index in [1.807, 2.05) is 44.2 Å². The second kappa shape index (κ2) is 14.8. The summed E-state index contributed by atoms with van der Waals surface area (Å²) in [6, 6.07) is 9.53. The van der Waals surface area contributed by atoms with Crippen LogP contribution in [0.5, 0.6) is 11.5 Å². The number of ether oxygens (including phenoxy) is 6.